The molecule has 0 unspecified atom stereocenters. The topological polar surface area (TPSA) is 134 Å². The molecule has 7 nitrogen and oxygen atoms in total. The lowest BCUT2D eigenvalue weighted by molar-refractivity contribution is -0.136. The molecule has 0 amide bonds. The first-order valence-corrected chi connectivity index (χ1v) is 16.4. The number of halogens is 3. The summed E-state index contributed by atoms with van der Waals surface area (Å²) < 4.78 is 46.4. The predicted molar refractivity (Wildman–Crippen MR) is 198 cm³/mol. The van der Waals surface area contributed by atoms with Crippen molar-refractivity contribution in [2.75, 3.05) is 0 Å². The number of aromatic nitrogens is 3. The first-order chi connectivity index (χ1) is 26.2. The third-order valence-electron chi connectivity index (χ3n) is 9.17. The maximum atomic E-state index is 15.5. The van der Waals surface area contributed by atoms with Gasteiger partial charge in [0.15, 0.2) is 0 Å². The van der Waals surface area contributed by atoms with Crippen molar-refractivity contribution in [3.05, 3.63) is 149 Å². The second-order valence-electron chi connectivity index (χ2n) is 12.4. The molecule has 0 bridgehead atoms. The van der Waals surface area contributed by atoms with Crippen molar-refractivity contribution >= 4 is 32.7 Å². The fourth-order valence-electron chi connectivity index (χ4n) is 6.74. The molecule has 0 N–H and O–H groups in total. The van der Waals surface area contributed by atoms with E-state index in [9.17, 15) is 21.0 Å². The zero-order valence-electron chi connectivity index (χ0n) is 27.8. The Bertz CT molecular complexity index is 2980. The number of pyridine rings is 1. The van der Waals surface area contributed by atoms with Gasteiger partial charge in [0.25, 0.3) is 0 Å². The van der Waals surface area contributed by atoms with Gasteiger partial charge in [0.2, 0.25) is 0 Å². The molecule has 0 atom stereocenters. The van der Waals surface area contributed by atoms with E-state index in [1.165, 1.54) is 6.07 Å². The van der Waals surface area contributed by atoms with Gasteiger partial charge in [0.1, 0.15) is 0 Å². The Morgan fingerprint density at radius 3 is 1.54 bits per heavy atom. The van der Waals surface area contributed by atoms with Crippen molar-refractivity contribution in [1.29, 1.82) is 21.0 Å². The summed E-state index contributed by atoms with van der Waals surface area (Å²) in [5.74, 6) is 0. The Kier molecular flexibility index (Phi) is 8.00. The average Bonchev–Trinajstić information content (AvgIpc) is 3.21. The summed E-state index contributed by atoms with van der Waals surface area (Å²) in [7, 11) is 0. The lowest BCUT2D eigenvalue weighted by Gasteiger charge is -2.20. The minimum Gasteiger partial charge on any atom is -0.247 e. The van der Waals surface area contributed by atoms with Gasteiger partial charge >= 0.3 is 6.18 Å². The Hall–Kier alpha value is -7.92. The smallest absolute Gasteiger partial charge is 0.247 e. The van der Waals surface area contributed by atoms with Gasteiger partial charge in [-0.3, -0.25) is 0 Å². The van der Waals surface area contributed by atoms with E-state index in [4.69, 9.17) is 15.0 Å². The SMILES string of the molecule is N#Cc1ccc(-c2nc3cc(C(F)(F)F)c4c(-c5ccccc5-c5cc(C#N)cc(C#N)c5)nc5ccccc5c4c3nc2-c2ccc(C#N)cc2)cc1. The van der Waals surface area contributed by atoms with Gasteiger partial charge in [-0.25, -0.2) is 15.0 Å². The Morgan fingerprint density at radius 2 is 0.963 bits per heavy atom. The molecule has 252 valence electrons. The Balaban J connectivity index is 1.54. The van der Waals surface area contributed by atoms with Crippen LogP contribution in [-0.4, -0.2) is 15.0 Å². The van der Waals surface area contributed by atoms with E-state index in [1.54, 1.807) is 109 Å². The second-order valence-corrected chi connectivity index (χ2v) is 12.4. The highest BCUT2D eigenvalue weighted by molar-refractivity contribution is 6.23. The van der Waals surface area contributed by atoms with Gasteiger partial charge in [0, 0.05) is 32.8 Å². The molecule has 0 saturated heterocycles. The number of rotatable bonds is 4. The maximum Gasteiger partial charge on any atom is 0.417 e. The number of nitriles is 4. The monoisotopic (exact) mass is 703 g/mol. The third kappa shape index (κ3) is 5.67. The summed E-state index contributed by atoms with van der Waals surface area (Å²) in [6.45, 7) is 0. The zero-order chi connectivity index (χ0) is 37.6. The van der Waals surface area contributed by atoms with Crippen LogP contribution in [0.3, 0.4) is 0 Å². The molecular weight excluding hydrogens is 684 g/mol. The molecule has 10 heteroatoms. The summed E-state index contributed by atoms with van der Waals surface area (Å²) >= 11 is 0. The summed E-state index contributed by atoms with van der Waals surface area (Å²) in [5, 5.41) is 38.7. The van der Waals surface area contributed by atoms with E-state index in [-0.39, 0.29) is 38.6 Å². The molecule has 0 saturated carbocycles. The maximum absolute atomic E-state index is 15.5. The highest BCUT2D eigenvalue weighted by atomic mass is 19.4. The van der Waals surface area contributed by atoms with E-state index < -0.39 is 11.7 Å². The highest BCUT2D eigenvalue weighted by Gasteiger charge is 2.36. The summed E-state index contributed by atoms with van der Waals surface area (Å²) in [4.78, 5) is 14.8. The third-order valence-corrected chi connectivity index (χ3v) is 9.17. The summed E-state index contributed by atoms with van der Waals surface area (Å²) in [6.07, 6.45) is -4.86. The first-order valence-electron chi connectivity index (χ1n) is 16.4. The van der Waals surface area contributed by atoms with Crippen molar-refractivity contribution in [3.8, 4) is 69.2 Å². The number of nitrogens with zero attached hydrogens (tertiary/aromatic N) is 7. The van der Waals surface area contributed by atoms with Crippen LogP contribution >= 0.6 is 0 Å². The van der Waals surface area contributed by atoms with Crippen molar-refractivity contribution in [2.45, 2.75) is 6.18 Å². The van der Waals surface area contributed by atoms with Crippen LogP contribution in [0.1, 0.15) is 27.8 Å². The van der Waals surface area contributed by atoms with Crippen LogP contribution in [0.5, 0.6) is 0 Å². The van der Waals surface area contributed by atoms with Crippen LogP contribution in [0.25, 0.3) is 77.6 Å². The van der Waals surface area contributed by atoms with Gasteiger partial charge in [-0.05, 0) is 65.7 Å². The number of hydrogen-bond donors (Lipinski definition) is 0. The van der Waals surface area contributed by atoms with Crippen molar-refractivity contribution in [3.63, 3.8) is 0 Å². The normalized spacial score (nSPS) is 11.2. The van der Waals surface area contributed by atoms with E-state index >= 15 is 13.2 Å². The van der Waals surface area contributed by atoms with Gasteiger partial charge < -0.3 is 0 Å². The largest absolute Gasteiger partial charge is 0.417 e. The standard InChI is InChI=1S/C44H20F3N7/c45-44(46,47)35-20-37-43(54-41(30-15-11-26(22-49)12-16-30)40(53-37)29-13-9-25(21-48)10-14-29)38-34-7-3-4-8-36(34)52-42(39(35)38)33-6-2-1-5-32(33)31-18-27(23-50)17-28(19-31)24-51/h1-20H. The van der Waals surface area contributed by atoms with Crippen LogP contribution in [0, 0.1) is 45.3 Å². The van der Waals surface area contributed by atoms with Crippen LogP contribution < -0.4 is 0 Å². The predicted octanol–water partition coefficient (Wildman–Crippen LogP) is 10.5. The summed E-state index contributed by atoms with van der Waals surface area (Å²) in [5.41, 5.74) is 3.97. The van der Waals surface area contributed by atoms with Crippen LogP contribution in [0.4, 0.5) is 13.2 Å². The van der Waals surface area contributed by atoms with Crippen molar-refractivity contribution < 1.29 is 13.2 Å². The Morgan fingerprint density at radius 1 is 0.444 bits per heavy atom. The molecule has 2 aromatic heterocycles. The molecule has 0 aliphatic rings. The van der Waals surface area contributed by atoms with Crippen molar-refractivity contribution in [1.82, 2.24) is 15.0 Å². The zero-order valence-corrected chi connectivity index (χ0v) is 27.8. The molecule has 0 aliphatic carbocycles. The fourth-order valence-corrected chi connectivity index (χ4v) is 6.74. The lowest BCUT2D eigenvalue weighted by Crippen LogP contribution is -2.09. The van der Waals surface area contributed by atoms with Crippen LogP contribution in [0.15, 0.2) is 121 Å². The average molecular weight is 704 g/mol. The number of para-hydroxylation sites is 1. The second kappa shape index (κ2) is 13.0. The highest BCUT2D eigenvalue weighted by Crippen LogP contribution is 2.47. The molecule has 8 rings (SSSR count). The number of hydrogen-bond acceptors (Lipinski definition) is 7. The van der Waals surface area contributed by atoms with E-state index in [0.717, 1.165) is 6.07 Å². The molecule has 0 aliphatic heterocycles. The fraction of sp³-hybridized carbons (Fsp3) is 0.0227. The summed E-state index contributed by atoms with van der Waals surface area (Å²) in [6, 6.07) is 40.8. The molecule has 0 radical (unpaired) electrons. The molecule has 0 spiro atoms. The van der Waals surface area contributed by atoms with Gasteiger partial charge in [-0.1, -0.05) is 66.7 Å². The van der Waals surface area contributed by atoms with Gasteiger partial charge in [0.05, 0.1) is 85.7 Å². The minimum absolute atomic E-state index is 0.0115. The van der Waals surface area contributed by atoms with E-state index in [1.807, 2.05) is 0 Å². The van der Waals surface area contributed by atoms with Crippen LogP contribution in [0.2, 0.25) is 0 Å². The quantitative estimate of drug-likeness (QED) is 0.167. The Labute approximate surface area is 305 Å². The van der Waals surface area contributed by atoms with E-state index in [2.05, 4.69) is 24.3 Å². The van der Waals surface area contributed by atoms with Gasteiger partial charge in [-0.15, -0.1) is 0 Å². The number of alkyl halides is 3. The molecule has 2 heterocycles. The lowest BCUT2D eigenvalue weighted by atomic mass is 9.89. The molecule has 6 aromatic carbocycles. The van der Waals surface area contributed by atoms with Gasteiger partial charge in [-0.2, -0.15) is 34.2 Å². The van der Waals surface area contributed by atoms with Crippen LogP contribution in [-0.2, 0) is 6.18 Å². The molecular formula is C44H20F3N7. The molecule has 8 aromatic rings. The van der Waals surface area contributed by atoms with E-state index in [0.29, 0.717) is 61.2 Å². The molecule has 54 heavy (non-hydrogen) atoms. The van der Waals surface area contributed by atoms with Crippen molar-refractivity contribution in [2.24, 2.45) is 0 Å². The molecule has 0 fully saturated rings. The number of benzene rings is 6. The minimum atomic E-state index is -4.86. The number of fused-ring (bicyclic) bond motifs is 5. The first kappa shape index (κ1) is 33.2.